The smallest absolute Gasteiger partial charge is 0.314 e. The number of phenols is 2. The molecule has 0 aromatic heterocycles. The van der Waals surface area contributed by atoms with Gasteiger partial charge in [0, 0.05) is 32.3 Å². The second kappa shape index (κ2) is 14.8. The van der Waals surface area contributed by atoms with Gasteiger partial charge in [0.25, 0.3) is 0 Å². The van der Waals surface area contributed by atoms with E-state index in [9.17, 15) is 20.3 Å². The van der Waals surface area contributed by atoms with Gasteiger partial charge in [-0.15, -0.1) is 16.8 Å². The first-order valence-corrected chi connectivity index (χ1v) is 13.0. The first-order chi connectivity index (χ1) is 18.1. The number of allylic oxidation sites excluding steroid dienone is 1. The molecule has 2 aromatic rings. The van der Waals surface area contributed by atoms with Crippen molar-refractivity contribution in [2.24, 2.45) is 10.2 Å². The third-order valence-corrected chi connectivity index (χ3v) is 5.95. The van der Waals surface area contributed by atoms with Gasteiger partial charge in [0.05, 0.1) is 28.9 Å². The van der Waals surface area contributed by atoms with E-state index in [2.05, 4.69) is 23.7 Å². The number of aromatic hydroxyl groups is 2. The number of benzene rings is 2. The second-order valence-corrected chi connectivity index (χ2v) is 9.54. The Kier molecular flexibility index (Phi) is 11.8. The van der Waals surface area contributed by atoms with Crippen molar-refractivity contribution in [3.8, 4) is 23.0 Å². The minimum atomic E-state index is -0.683. The van der Waals surface area contributed by atoms with Crippen LogP contribution in [0, 0.1) is 10.1 Å². The molecule has 10 heteroatoms. The average molecular weight is 529 g/mol. The normalized spacial score (nSPS) is 12.8. The van der Waals surface area contributed by atoms with Gasteiger partial charge in [0.2, 0.25) is 0 Å². The number of nitrogens with zero attached hydrogens (tertiary/aromatic N) is 4. The summed E-state index contributed by atoms with van der Waals surface area (Å²) in [6, 6.07) is 5.41. The lowest BCUT2D eigenvalue weighted by Crippen LogP contribution is -2.15. The molecule has 0 radical (unpaired) electrons. The van der Waals surface area contributed by atoms with E-state index in [1.54, 1.807) is 6.07 Å². The first-order valence-electron chi connectivity index (χ1n) is 13.0. The van der Waals surface area contributed by atoms with Gasteiger partial charge in [-0.25, -0.2) is 0 Å². The van der Waals surface area contributed by atoms with Crippen LogP contribution in [0.2, 0.25) is 0 Å². The summed E-state index contributed by atoms with van der Waals surface area (Å²) in [5.74, 6) is -0.0391. The summed E-state index contributed by atoms with van der Waals surface area (Å²) in [4.78, 5) is 12.5. The zero-order valence-corrected chi connectivity index (χ0v) is 23.0. The molecule has 0 aliphatic rings. The minimum absolute atomic E-state index is 0.103. The topological polar surface area (TPSA) is 130 Å². The molecular weight excluding hydrogens is 488 g/mol. The molecule has 0 fully saturated rings. The van der Waals surface area contributed by atoms with Crippen LogP contribution in [0.1, 0.15) is 65.7 Å². The van der Waals surface area contributed by atoms with Crippen LogP contribution in [0.25, 0.3) is 0 Å². The quantitative estimate of drug-likeness (QED) is 0.0743. The molecule has 2 N–H and O–H groups in total. The van der Waals surface area contributed by atoms with E-state index < -0.39 is 16.4 Å². The lowest BCUT2D eigenvalue weighted by atomic mass is 10.1. The highest BCUT2D eigenvalue weighted by Crippen LogP contribution is 2.43. The summed E-state index contributed by atoms with van der Waals surface area (Å²) in [7, 11) is 3.67. The largest absolute Gasteiger partial charge is 0.506 e. The number of nitro benzene ring substituents is 1. The molecule has 0 saturated carbocycles. The Morgan fingerprint density at radius 1 is 0.974 bits per heavy atom. The molecule has 0 aliphatic carbocycles. The van der Waals surface area contributed by atoms with Gasteiger partial charge in [0.15, 0.2) is 11.5 Å². The number of phenolic OH excluding ortho intramolecular Hbond substituents is 2. The van der Waals surface area contributed by atoms with E-state index in [0.717, 1.165) is 57.1 Å². The van der Waals surface area contributed by atoms with Crippen LogP contribution in [0.3, 0.4) is 0 Å². The van der Waals surface area contributed by atoms with Crippen molar-refractivity contribution >= 4 is 22.7 Å². The van der Waals surface area contributed by atoms with Crippen molar-refractivity contribution in [3.63, 3.8) is 0 Å². The van der Waals surface area contributed by atoms with Crippen molar-refractivity contribution in [2.45, 2.75) is 77.9 Å². The maximum absolute atomic E-state index is 11.4. The van der Waals surface area contributed by atoms with Crippen molar-refractivity contribution < 1.29 is 24.6 Å². The lowest BCUT2D eigenvalue weighted by molar-refractivity contribution is -0.385. The Labute approximate surface area is 224 Å². The summed E-state index contributed by atoms with van der Waals surface area (Å²) < 4.78 is 12.1. The van der Waals surface area contributed by atoms with E-state index in [-0.39, 0.29) is 35.1 Å². The van der Waals surface area contributed by atoms with Crippen molar-refractivity contribution in [1.82, 2.24) is 0 Å². The van der Waals surface area contributed by atoms with Crippen molar-refractivity contribution in [1.29, 1.82) is 0 Å². The number of hydrogen-bond acceptors (Lipinski definition) is 9. The second-order valence-electron chi connectivity index (χ2n) is 9.54. The number of azo groups is 1. The van der Waals surface area contributed by atoms with Crippen LogP contribution >= 0.6 is 0 Å². The number of nitro groups is 1. The molecule has 2 rings (SSSR count). The van der Waals surface area contributed by atoms with Crippen LogP contribution in [0.4, 0.5) is 22.7 Å². The van der Waals surface area contributed by atoms with Gasteiger partial charge < -0.3 is 24.6 Å². The van der Waals surface area contributed by atoms with E-state index in [1.165, 1.54) is 6.07 Å². The van der Waals surface area contributed by atoms with Crippen molar-refractivity contribution in [3.05, 3.63) is 47.0 Å². The van der Waals surface area contributed by atoms with Gasteiger partial charge >= 0.3 is 5.69 Å². The number of ether oxygens (including phenoxy) is 2. The molecule has 10 nitrogen and oxygen atoms in total. The van der Waals surface area contributed by atoms with E-state index in [4.69, 9.17) is 9.47 Å². The Balaban J connectivity index is 2.40. The summed E-state index contributed by atoms with van der Waals surface area (Å²) in [5.41, 5.74) is 0.421. The van der Waals surface area contributed by atoms with E-state index in [0.29, 0.717) is 11.4 Å². The number of unbranched alkanes of at least 4 members (excludes halogenated alkanes) is 3. The monoisotopic (exact) mass is 528 g/mol. The molecule has 2 atom stereocenters. The fraction of sp³-hybridized carbons (Fsp3) is 0.500. The van der Waals surface area contributed by atoms with E-state index >= 15 is 0 Å². The first kappa shape index (κ1) is 30.4. The summed E-state index contributed by atoms with van der Waals surface area (Å²) in [6.45, 7) is 9.71. The van der Waals surface area contributed by atoms with Gasteiger partial charge in [-0.3, -0.25) is 10.1 Å². The molecule has 0 amide bonds. The molecule has 38 heavy (non-hydrogen) atoms. The van der Waals surface area contributed by atoms with Crippen LogP contribution in [-0.2, 0) is 0 Å². The molecule has 0 bridgehead atoms. The number of hydrogen-bond donors (Lipinski definition) is 2. The Morgan fingerprint density at radius 2 is 1.63 bits per heavy atom. The fourth-order valence-corrected chi connectivity index (χ4v) is 3.81. The fourth-order valence-electron chi connectivity index (χ4n) is 3.81. The van der Waals surface area contributed by atoms with Crippen LogP contribution < -0.4 is 14.4 Å². The predicted octanol–water partition coefficient (Wildman–Crippen LogP) is 7.96. The zero-order chi connectivity index (χ0) is 28.2. The molecule has 0 aliphatic heterocycles. The molecule has 0 heterocycles. The highest BCUT2D eigenvalue weighted by molar-refractivity contribution is 5.69. The summed E-state index contributed by atoms with van der Waals surface area (Å²) in [6.07, 6.45) is 8.12. The Bertz CT molecular complexity index is 1120. The van der Waals surface area contributed by atoms with E-state index in [1.807, 2.05) is 38.9 Å². The maximum atomic E-state index is 11.4. The molecule has 0 spiro atoms. The third kappa shape index (κ3) is 8.93. The minimum Gasteiger partial charge on any atom is -0.506 e. The standard InChI is InChI=1S/C28H40N4O6/c1-7-9-11-12-14-20(4)37-27-18-23(32(35)36)26(34)15-22(27)30-29-21-16-28(38-19(3)13-10-8-2)24(31(5)6)17-25(21)33/h8,15-20,33-34H,2,7,9-14H2,1,3-6H3/b30-29+/t19-,20-/m0/s1. The third-order valence-electron chi connectivity index (χ3n) is 5.95. The highest BCUT2D eigenvalue weighted by Gasteiger charge is 2.21. The number of anilines is 1. The predicted molar refractivity (Wildman–Crippen MR) is 150 cm³/mol. The average Bonchev–Trinajstić information content (AvgIpc) is 2.86. The number of rotatable bonds is 16. The van der Waals surface area contributed by atoms with Crippen LogP contribution in [0.15, 0.2) is 47.1 Å². The lowest BCUT2D eigenvalue weighted by Gasteiger charge is -2.22. The van der Waals surface area contributed by atoms with Crippen molar-refractivity contribution in [2.75, 3.05) is 19.0 Å². The van der Waals surface area contributed by atoms with Crippen LogP contribution in [-0.4, -0.2) is 41.4 Å². The van der Waals surface area contributed by atoms with Gasteiger partial charge in [-0.1, -0.05) is 32.3 Å². The SMILES string of the molecule is C=CCC[C@H](C)Oc1cc(/N=N/c2cc(O)c([N+](=O)[O-])cc2O[C@@H](C)CCCCCC)c(O)cc1N(C)C. The molecule has 208 valence electrons. The Morgan fingerprint density at radius 3 is 2.26 bits per heavy atom. The molecule has 2 aromatic carbocycles. The molecular formula is C28H40N4O6. The Hall–Kier alpha value is -3.82. The summed E-state index contributed by atoms with van der Waals surface area (Å²) >= 11 is 0. The van der Waals surface area contributed by atoms with Gasteiger partial charge in [-0.2, -0.15) is 0 Å². The highest BCUT2D eigenvalue weighted by atomic mass is 16.6. The molecule has 0 unspecified atom stereocenters. The maximum Gasteiger partial charge on any atom is 0.314 e. The van der Waals surface area contributed by atoms with Gasteiger partial charge in [-0.05, 0) is 39.5 Å². The zero-order valence-electron chi connectivity index (χ0n) is 23.0. The van der Waals surface area contributed by atoms with Gasteiger partial charge in [0.1, 0.15) is 22.9 Å². The molecule has 0 saturated heterocycles. The van der Waals surface area contributed by atoms with Crippen LogP contribution in [0.5, 0.6) is 23.0 Å². The summed E-state index contributed by atoms with van der Waals surface area (Å²) in [5, 5.41) is 40.6.